The normalized spacial score (nSPS) is 24.2. The van der Waals surface area contributed by atoms with Crippen molar-refractivity contribution in [2.45, 2.75) is 32.5 Å². The molecule has 18 heavy (non-hydrogen) atoms. The van der Waals surface area contributed by atoms with E-state index in [0.29, 0.717) is 11.1 Å². The van der Waals surface area contributed by atoms with Crippen LogP contribution in [0.2, 0.25) is 0 Å². The summed E-state index contributed by atoms with van der Waals surface area (Å²) in [5, 5.41) is 0. The van der Waals surface area contributed by atoms with Gasteiger partial charge in [-0.2, -0.15) is 13.2 Å². The van der Waals surface area contributed by atoms with E-state index in [4.69, 9.17) is 4.74 Å². The Kier molecular flexibility index (Phi) is 3.09. The van der Waals surface area contributed by atoms with Crippen LogP contribution in [0.3, 0.4) is 0 Å². The van der Waals surface area contributed by atoms with Crippen molar-refractivity contribution < 1.29 is 22.7 Å². The van der Waals surface area contributed by atoms with Crippen LogP contribution in [0.4, 0.5) is 13.2 Å². The van der Waals surface area contributed by atoms with Gasteiger partial charge >= 0.3 is 12.1 Å². The van der Waals surface area contributed by atoms with E-state index in [1.807, 2.05) is 0 Å². The van der Waals surface area contributed by atoms with Crippen molar-refractivity contribution >= 4 is 5.97 Å². The Morgan fingerprint density at radius 3 is 2.44 bits per heavy atom. The molecule has 0 saturated carbocycles. The van der Waals surface area contributed by atoms with Crippen LogP contribution in [0.5, 0.6) is 0 Å². The van der Waals surface area contributed by atoms with Crippen molar-refractivity contribution in [3.63, 3.8) is 0 Å². The first-order chi connectivity index (χ1) is 8.27. The number of carbonyl (C=O) groups excluding carboxylic acids is 1. The van der Waals surface area contributed by atoms with Gasteiger partial charge in [-0.05, 0) is 24.6 Å². The zero-order valence-electron chi connectivity index (χ0n) is 10.0. The minimum Gasteiger partial charge on any atom is -0.457 e. The maximum absolute atomic E-state index is 12.7. The number of aryl methyl sites for hydroxylation is 1. The molecule has 2 atom stereocenters. The summed E-state index contributed by atoms with van der Waals surface area (Å²) in [5.74, 6) is -0.456. The maximum Gasteiger partial charge on any atom is 0.416 e. The van der Waals surface area contributed by atoms with Crippen LogP contribution in [-0.2, 0) is 15.7 Å². The van der Waals surface area contributed by atoms with Gasteiger partial charge in [0.05, 0.1) is 12.0 Å². The van der Waals surface area contributed by atoms with Gasteiger partial charge in [0, 0.05) is 5.92 Å². The van der Waals surface area contributed by atoms with E-state index < -0.39 is 17.8 Å². The molecule has 1 aliphatic heterocycles. The average Bonchev–Trinajstić information content (AvgIpc) is 2.55. The van der Waals surface area contributed by atoms with Crippen LogP contribution < -0.4 is 0 Å². The second-order valence-corrected chi connectivity index (χ2v) is 4.72. The number of hydrogen-bond donors (Lipinski definition) is 0. The smallest absolute Gasteiger partial charge is 0.416 e. The first-order valence-electron chi connectivity index (χ1n) is 5.65. The Morgan fingerprint density at radius 2 is 1.94 bits per heavy atom. The Bertz CT molecular complexity index is 480. The minimum absolute atomic E-state index is 0.0969. The predicted molar refractivity (Wildman–Crippen MR) is 58.8 cm³/mol. The van der Waals surface area contributed by atoms with Gasteiger partial charge in [-0.25, -0.2) is 0 Å². The number of rotatable bonds is 1. The lowest BCUT2D eigenvalue weighted by Gasteiger charge is -2.17. The second kappa shape index (κ2) is 4.30. The summed E-state index contributed by atoms with van der Waals surface area (Å²) in [6.45, 7) is 3.39. The lowest BCUT2D eigenvalue weighted by Crippen LogP contribution is -2.10. The summed E-state index contributed by atoms with van der Waals surface area (Å²) >= 11 is 0. The fraction of sp³-hybridized carbons (Fsp3) is 0.462. The van der Waals surface area contributed by atoms with Crippen LogP contribution in [0, 0.1) is 12.8 Å². The molecule has 2 rings (SSSR count). The third-order valence-electron chi connectivity index (χ3n) is 3.02. The molecule has 0 aromatic heterocycles. The van der Waals surface area contributed by atoms with Gasteiger partial charge < -0.3 is 4.74 Å². The van der Waals surface area contributed by atoms with Gasteiger partial charge in [0.15, 0.2) is 0 Å². The summed E-state index contributed by atoms with van der Waals surface area (Å²) in [7, 11) is 0. The molecule has 1 saturated heterocycles. The van der Waals surface area contributed by atoms with E-state index in [9.17, 15) is 18.0 Å². The summed E-state index contributed by atoms with van der Waals surface area (Å²) < 4.78 is 43.2. The van der Waals surface area contributed by atoms with Crippen LogP contribution >= 0.6 is 0 Å². The van der Waals surface area contributed by atoms with Crippen LogP contribution in [0.25, 0.3) is 0 Å². The quantitative estimate of drug-likeness (QED) is 0.719. The summed E-state index contributed by atoms with van der Waals surface area (Å²) in [6.07, 6.45) is -4.70. The standard InChI is InChI=1S/C13H13F3O2/c1-7-3-9(6-10(4-7)13(14,15)16)12-8(2)5-11(17)18-12/h3-4,6,8,12H,5H2,1-2H3/t8-,12+/m0/s1. The highest BCUT2D eigenvalue weighted by molar-refractivity contribution is 5.72. The van der Waals surface area contributed by atoms with Crippen molar-refractivity contribution in [3.8, 4) is 0 Å². The molecule has 5 heteroatoms. The summed E-state index contributed by atoms with van der Waals surface area (Å²) in [5.41, 5.74) is 0.225. The minimum atomic E-state index is -4.38. The molecule has 1 aliphatic rings. The first-order valence-corrected chi connectivity index (χ1v) is 5.65. The highest BCUT2D eigenvalue weighted by Crippen LogP contribution is 2.38. The molecule has 1 fully saturated rings. The highest BCUT2D eigenvalue weighted by Gasteiger charge is 2.36. The Morgan fingerprint density at radius 1 is 1.28 bits per heavy atom. The third-order valence-corrected chi connectivity index (χ3v) is 3.02. The fourth-order valence-corrected chi connectivity index (χ4v) is 2.21. The van der Waals surface area contributed by atoms with E-state index >= 15 is 0 Å². The first kappa shape index (κ1) is 12.9. The zero-order chi connectivity index (χ0) is 13.5. The van der Waals surface area contributed by atoms with E-state index in [2.05, 4.69) is 0 Å². The van der Waals surface area contributed by atoms with Gasteiger partial charge in [-0.15, -0.1) is 0 Å². The van der Waals surface area contributed by atoms with Gasteiger partial charge in [0.1, 0.15) is 6.10 Å². The topological polar surface area (TPSA) is 26.3 Å². The van der Waals surface area contributed by atoms with Crippen LogP contribution in [0.15, 0.2) is 18.2 Å². The van der Waals surface area contributed by atoms with Gasteiger partial charge in [0.2, 0.25) is 0 Å². The third kappa shape index (κ3) is 2.49. The van der Waals surface area contributed by atoms with E-state index in [-0.39, 0.29) is 18.3 Å². The van der Waals surface area contributed by atoms with Crippen LogP contribution in [0.1, 0.15) is 36.1 Å². The number of hydrogen-bond acceptors (Lipinski definition) is 2. The molecule has 0 spiro atoms. The highest BCUT2D eigenvalue weighted by atomic mass is 19.4. The fourth-order valence-electron chi connectivity index (χ4n) is 2.21. The van der Waals surface area contributed by atoms with Crippen molar-refractivity contribution in [1.82, 2.24) is 0 Å². The van der Waals surface area contributed by atoms with E-state index in [1.165, 1.54) is 0 Å². The van der Waals surface area contributed by atoms with Gasteiger partial charge in [-0.1, -0.05) is 18.6 Å². The molecule has 0 N–H and O–H groups in total. The van der Waals surface area contributed by atoms with Crippen molar-refractivity contribution in [2.75, 3.05) is 0 Å². The molecule has 0 unspecified atom stereocenters. The number of halogens is 3. The zero-order valence-corrected chi connectivity index (χ0v) is 10.0. The lowest BCUT2D eigenvalue weighted by molar-refractivity contribution is -0.141. The Hall–Kier alpha value is -1.52. The van der Waals surface area contributed by atoms with Crippen molar-refractivity contribution in [3.05, 3.63) is 34.9 Å². The molecule has 2 nitrogen and oxygen atoms in total. The largest absolute Gasteiger partial charge is 0.457 e. The predicted octanol–water partition coefficient (Wildman–Crippen LogP) is 3.64. The second-order valence-electron chi connectivity index (χ2n) is 4.72. The molecule has 0 bridgehead atoms. The molecule has 0 aliphatic carbocycles. The molecule has 0 radical (unpaired) electrons. The number of cyclic esters (lactones) is 1. The summed E-state index contributed by atoms with van der Waals surface area (Å²) in [4.78, 5) is 11.2. The monoisotopic (exact) mass is 258 g/mol. The van der Waals surface area contributed by atoms with Crippen molar-refractivity contribution in [1.29, 1.82) is 0 Å². The van der Waals surface area contributed by atoms with E-state index in [1.54, 1.807) is 19.9 Å². The average molecular weight is 258 g/mol. The molecular formula is C13H13F3O2. The molecule has 1 heterocycles. The number of benzene rings is 1. The Balaban J connectivity index is 2.40. The van der Waals surface area contributed by atoms with Gasteiger partial charge in [-0.3, -0.25) is 4.79 Å². The van der Waals surface area contributed by atoms with Gasteiger partial charge in [0.25, 0.3) is 0 Å². The molecule has 0 amide bonds. The molecular weight excluding hydrogens is 245 g/mol. The number of esters is 1. The number of carbonyl (C=O) groups is 1. The van der Waals surface area contributed by atoms with Crippen molar-refractivity contribution in [2.24, 2.45) is 5.92 Å². The van der Waals surface area contributed by atoms with Crippen LogP contribution in [-0.4, -0.2) is 5.97 Å². The lowest BCUT2D eigenvalue weighted by atomic mass is 9.94. The molecule has 1 aromatic carbocycles. The summed E-state index contributed by atoms with van der Waals surface area (Å²) in [6, 6.07) is 3.78. The Labute approximate surface area is 103 Å². The number of alkyl halides is 3. The van der Waals surface area contributed by atoms with E-state index in [0.717, 1.165) is 12.1 Å². The maximum atomic E-state index is 12.7. The molecule has 98 valence electrons. The number of ether oxygens (including phenoxy) is 1. The molecule has 1 aromatic rings. The SMILES string of the molecule is Cc1cc([C@@H]2OC(=O)C[C@@H]2C)cc(C(F)(F)F)c1.